The number of piperidine rings is 1. The lowest BCUT2D eigenvalue weighted by Gasteiger charge is -2.30. The maximum absolute atomic E-state index is 13.2. The van der Waals surface area contributed by atoms with E-state index in [-0.39, 0.29) is 16.9 Å². The molecule has 0 bridgehead atoms. The zero-order valence-electron chi connectivity index (χ0n) is 9.00. The number of hydrogen-bond acceptors (Lipinski definition) is 2. The Morgan fingerprint density at radius 3 is 3.06 bits per heavy atom. The number of aliphatic hydroxyl groups excluding tert-OH is 1. The molecule has 2 rings (SSSR count). The number of halogens is 2. The lowest BCUT2D eigenvalue weighted by molar-refractivity contribution is 0.0668. The van der Waals surface area contributed by atoms with Gasteiger partial charge in [-0.15, -0.1) is 0 Å². The highest BCUT2D eigenvalue weighted by atomic mass is 35.5. The van der Waals surface area contributed by atoms with Crippen molar-refractivity contribution in [2.45, 2.75) is 25.5 Å². The number of rotatable bonds is 2. The van der Waals surface area contributed by atoms with E-state index in [1.165, 1.54) is 6.07 Å². The van der Waals surface area contributed by atoms with E-state index in [0.29, 0.717) is 13.1 Å². The van der Waals surface area contributed by atoms with Crippen LogP contribution in [0.15, 0.2) is 18.2 Å². The Hall–Kier alpha value is -0.640. The molecule has 1 aliphatic rings. The fraction of sp³-hybridized carbons (Fsp3) is 0.500. The molecule has 1 aromatic carbocycles. The Kier molecular flexibility index (Phi) is 3.79. The van der Waals surface area contributed by atoms with Gasteiger partial charge in [0.15, 0.2) is 0 Å². The molecule has 0 unspecified atom stereocenters. The Morgan fingerprint density at radius 2 is 2.31 bits per heavy atom. The van der Waals surface area contributed by atoms with Crippen LogP contribution in [0.3, 0.4) is 0 Å². The highest BCUT2D eigenvalue weighted by molar-refractivity contribution is 6.31. The van der Waals surface area contributed by atoms with Crippen LogP contribution in [0.25, 0.3) is 0 Å². The molecule has 0 aliphatic carbocycles. The van der Waals surface area contributed by atoms with Crippen LogP contribution < -0.4 is 0 Å². The van der Waals surface area contributed by atoms with Crippen molar-refractivity contribution in [1.82, 2.24) is 4.90 Å². The van der Waals surface area contributed by atoms with Crippen molar-refractivity contribution in [2.75, 3.05) is 13.1 Å². The summed E-state index contributed by atoms with van der Waals surface area (Å²) in [4.78, 5) is 2.11. The van der Waals surface area contributed by atoms with Gasteiger partial charge in [0.05, 0.1) is 11.1 Å². The van der Waals surface area contributed by atoms with Crippen molar-refractivity contribution >= 4 is 11.6 Å². The summed E-state index contributed by atoms with van der Waals surface area (Å²) in [5.41, 5.74) is 0.788. The summed E-state index contributed by atoms with van der Waals surface area (Å²) in [6.45, 7) is 2.18. The van der Waals surface area contributed by atoms with Gasteiger partial charge in [-0.3, -0.25) is 4.90 Å². The van der Waals surface area contributed by atoms with E-state index in [2.05, 4.69) is 4.90 Å². The molecule has 2 nitrogen and oxygen atoms in total. The lowest BCUT2D eigenvalue weighted by atomic mass is 10.1. The highest BCUT2D eigenvalue weighted by Gasteiger charge is 2.18. The van der Waals surface area contributed by atoms with E-state index in [1.54, 1.807) is 6.07 Å². The van der Waals surface area contributed by atoms with Crippen LogP contribution in [-0.2, 0) is 6.54 Å². The van der Waals surface area contributed by atoms with Crippen LogP contribution in [0, 0.1) is 5.82 Å². The molecule has 16 heavy (non-hydrogen) atoms. The fourth-order valence-electron chi connectivity index (χ4n) is 2.09. The third-order valence-electron chi connectivity index (χ3n) is 2.91. The molecule has 0 spiro atoms. The molecule has 1 saturated heterocycles. The van der Waals surface area contributed by atoms with Crippen LogP contribution in [-0.4, -0.2) is 29.2 Å². The van der Waals surface area contributed by atoms with Crippen LogP contribution in [0.5, 0.6) is 0 Å². The predicted octanol–water partition coefficient (Wildman–Crippen LogP) is 2.44. The number of benzene rings is 1. The van der Waals surface area contributed by atoms with Gasteiger partial charge in [0.25, 0.3) is 0 Å². The normalized spacial score (nSPS) is 22.3. The maximum Gasteiger partial charge on any atom is 0.142 e. The molecule has 1 aliphatic heterocycles. The summed E-state index contributed by atoms with van der Waals surface area (Å²) in [5, 5.41) is 9.73. The van der Waals surface area contributed by atoms with Gasteiger partial charge in [-0.05, 0) is 31.0 Å². The van der Waals surface area contributed by atoms with Crippen molar-refractivity contribution in [3.05, 3.63) is 34.6 Å². The summed E-state index contributed by atoms with van der Waals surface area (Å²) in [7, 11) is 0. The van der Waals surface area contributed by atoms with Crippen LogP contribution in [0.2, 0.25) is 5.02 Å². The first-order valence-corrected chi connectivity index (χ1v) is 5.88. The first-order valence-electron chi connectivity index (χ1n) is 5.50. The SMILES string of the molecule is O[C@H]1CCCN(Cc2cccc(F)c2Cl)C1. The van der Waals surface area contributed by atoms with Gasteiger partial charge in [-0.25, -0.2) is 4.39 Å². The number of nitrogens with zero attached hydrogens (tertiary/aromatic N) is 1. The average Bonchev–Trinajstić information content (AvgIpc) is 2.25. The minimum absolute atomic E-state index is 0.197. The molecule has 1 aromatic rings. The predicted molar refractivity (Wildman–Crippen MR) is 61.9 cm³/mol. The average molecular weight is 244 g/mol. The largest absolute Gasteiger partial charge is 0.392 e. The topological polar surface area (TPSA) is 23.5 Å². The summed E-state index contributed by atoms with van der Waals surface area (Å²) in [6, 6.07) is 4.85. The number of β-amino-alcohol motifs (C(OH)–C–C–N with tert-alkyl or cyclic N) is 1. The molecule has 0 amide bonds. The fourth-order valence-corrected chi connectivity index (χ4v) is 2.27. The maximum atomic E-state index is 13.2. The van der Waals surface area contributed by atoms with Crippen molar-refractivity contribution in [1.29, 1.82) is 0 Å². The molecule has 1 heterocycles. The van der Waals surface area contributed by atoms with Crippen molar-refractivity contribution in [2.24, 2.45) is 0 Å². The van der Waals surface area contributed by atoms with Gasteiger partial charge in [0.2, 0.25) is 0 Å². The molecule has 0 saturated carbocycles. The monoisotopic (exact) mass is 243 g/mol. The molecule has 0 aromatic heterocycles. The number of likely N-dealkylation sites (tertiary alicyclic amines) is 1. The second-order valence-corrected chi connectivity index (χ2v) is 4.62. The molecule has 1 fully saturated rings. The molecular formula is C12H15ClFNO. The summed E-state index contributed by atoms with van der Waals surface area (Å²) >= 11 is 5.88. The Labute approximate surface area is 99.6 Å². The third kappa shape index (κ3) is 2.73. The van der Waals surface area contributed by atoms with Gasteiger partial charge < -0.3 is 5.11 Å². The molecule has 0 radical (unpaired) electrons. The van der Waals surface area contributed by atoms with E-state index >= 15 is 0 Å². The van der Waals surface area contributed by atoms with E-state index in [9.17, 15) is 9.50 Å². The van der Waals surface area contributed by atoms with Gasteiger partial charge in [-0.2, -0.15) is 0 Å². The zero-order valence-corrected chi connectivity index (χ0v) is 9.75. The van der Waals surface area contributed by atoms with E-state index in [1.807, 2.05) is 6.07 Å². The van der Waals surface area contributed by atoms with Crippen LogP contribution in [0.1, 0.15) is 18.4 Å². The number of hydrogen-bond donors (Lipinski definition) is 1. The molecular weight excluding hydrogens is 229 g/mol. The molecule has 1 N–H and O–H groups in total. The van der Waals surface area contributed by atoms with E-state index in [4.69, 9.17) is 11.6 Å². The Balaban J connectivity index is 2.05. The van der Waals surface area contributed by atoms with Gasteiger partial charge >= 0.3 is 0 Å². The number of aliphatic hydroxyl groups is 1. The highest BCUT2D eigenvalue weighted by Crippen LogP contribution is 2.22. The Bertz CT molecular complexity index is 372. The summed E-state index contributed by atoms with van der Waals surface area (Å²) < 4.78 is 13.2. The zero-order chi connectivity index (χ0) is 11.5. The smallest absolute Gasteiger partial charge is 0.142 e. The second-order valence-electron chi connectivity index (χ2n) is 4.24. The second kappa shape index (κ2) is 5.13. The summed E-state index contributed by atoms with van der Waals surface area (Å²) in [6.07, 6.45) is 1.57. The molecule has 1 atom stereocenters. The summed E-state index contributed by atoms with van der Waals surface area (Å²) in [5.74, 6) is -0.378. The van der Waals surface area contributed by atoms with E-state index < -0.39 is 0 Å². The van der Waals surface area contributed by atoms with E-state index in [0.717, 1.165) is 24.9 Å². The van der Waals surface area contributed by atoms with Crippen molar-refractivity contribution in [3.63, 3.8) is 0 Å². The van der Waals surface area contributed by atoms with Crippen molar-refractivity contribution in [3.8, 4) is 0 Å². The van der Waals surface area contributed by atoms with Crippen molar-refractivity contribution < 1.29 is 9.50 Å². The standard InChI is InChI=1S/C12H15ClFNO/c13-12-9(3-1-5-11(12)14)7-15-6-2-4-10(16)8-15/h1,3,5,10,16H,2,4,6-8H2/t10-/m0/s1. The third-order valence-corrected chi connectivity index (χ3v) is 3.33. The lowest BCUT2D eigenvalue weighted by Crippen LogP contribution is -2.37. The minimum Gasteiger partial charge on any atom is -0.392 e. The minimum atomic E-state index is -0.378. The first-order chi connectivity index (χ1) is 7.66. The molecule has 88 valence electrons. The molecule has 4 heteroatoms. The van der Waals surface area contributed by atoms with Gasteiger partial charge in [-0.1, -0.05) is 23.7 Å². The first kappa shape index (κ1) is 11.8. The Morgan fingerprint density at radius 1 is 1.50 bits per heavy atom. The van der Waals surface area contributed by atoms with Crippen LogP contribution in [0.4, 0.5) is 4.39 Å². The quantitative estimate of drug-likeness (QED) is 0.863. The van der Waals surface area contributed by atoms with Crippen LogP contribution >= 0.6 is 11.6 Å². The van der Waals surface area contributed by atoms with Gasteiger partial charge in [0, 0.05) is 13.1 Å². The van der Waals surface area contributed by atoms with Gasteiger partial charge in [0.1, 0.15) is 5.82 Å².